The Hall–Kier alpha value is -0.160. The SMILES string of the molecule is CCCCCCCCCCCC(O)OCC[C@H]1OCCC1O. The summed E-state index contributed by atoms with van der Waals surface area (Å²) in [7, 11) is 0. The molecule has 0 saturated carbocycles. The van der Waals surface area contributed by atoms with Gasteiger partial charge < -0.3 is 19.7 Å². The lowest BCUT2D eigenvalue weighted by Gasteiger charge is -2.16. The van der Waals surface area contributed by atoms with Crippen molar-refractivity contribution in [1.29, 1.82) is 0 Å². The zero-order chi connectivity index (χ0) is 16.0. The average molecular weight is 316 g/mol. The Kier molecular flexibility index (Phi) is 12.0. The molecule has 0 aromatic heterocycles. The highest BCUT2D eigenvalue weighted by Gasteiger charge is 2.25. The van der Waals surface area contributed by atoms with Gasteiger partial charge in [0.1, 0.15) is 0 Å². The van der Waals surface area contributed by atoms with Gasteiger partial charge in [0.25, 0.3) is 0 Å². The summed E-state index contributed by atoms with van der Waals surface area (Å²) in [6.07, 6.45) is 12.5. The van der Waals surface area contributed by atoms with Gasteiger partial charge in [0.2, 0.25) is 0 Å². The largest absolute Gasteiger partial charge is 0.390 e. The van der Waals surface area contributed by atoms with Gasteiger partial charge in [0, 0.05) is 6.61 Å². The summed E-state index contributed by atoms with van der Waals surface area (Å²) >= 11 is 0. The minimum absolute atomic E-state index is 0.111. The summed E-state index contributed by atoms with van der Waals surface area (Å²) in [4.78, 5) is 0. The van der Waals surface area contributed by atoms with Crippen molar-refractivity contribution in [2.24, 2.45) is 0 Å². The molecule has 0 spiro atoms. The van der Waals surface area contributed by atoms with Gasteiger partial charge in [-0.15, -0.1) is 0 Å². The molecule has 3 atom stereocenters. The Bertz CT molecular complexity index is 247. The minimum atomic E-state index is -0.664. The van der Waals surface area contributed by atoms with E-state index < -0.39 is 6.29 Å². The van der Waals surface area contributed by atoms with Crippen LogP contribution in [0.1, 0.15) is 84.0 Å². The summed E-state index contributed by atoms with van der Waals surface area (Å²) in [6, 6.07) is 0. The summed E-state index contributed by atoms with van der Waals surface area (Å²) in [5.41, 5.74) is 0. The van der Waals surface area contributed by atoms with Gasteiger partial charge in [0.15, 0.2) is 6.29 Å². The summed E-state index contributed by atoms with van der Waals surface area (Å²) in [5, 5.41) is 19.4. The van der Waals surface area contributed by atoms with Crippen LogP contribution < -0.4 is 0 Å². The average Bonchev–Trinajstić information content (AvgIpc) is 2.91. The Balaban J connectivity index is 1.82. The molecule has 2 unspecified atom stereocenters. The fourth-order valence-corrected chi connectivity index (χ4v) is 2.95. The van der Waals surface area contributed by atoms with Crippen LogP contribution in [0.3, 0.4) is 0 Å². The van der Waals surface area contributed by atoms with E-state index in [2.05, 4.69) is 6.92 Å². The molecule has 4 nitrogen and oxygen atoms in total. The first kappa shape index (κ1) is 19.9. The highest BCUT2D eigenvalue weighted by atomic mass is 16.6. The van der Waals surface area contributed by atoms with Crippen molar-refractivity contribution in [3.05, 3.63) is 0 Å². The van der Waals surface area contributed by atoms with Gasteiger partial charge in [-0.2, -0.15) is 0 Å². The topological polar surface area (TPSA) is 58.9 Å². The quantitative estimate of drug-likeness (QED) is 0.378. The van der Waals surface area contributed by atoms with Crippen molar-refractivity contribution in [3.8, 4) is 0 Å². The van der Waals surface area contributed by atoms with Crippen molar-refractivity contribution in [3.63, 3.8) is 0 Å². The molecule has 4 heteroatoms. The molecule has 0 amide bonds. The van der Waals surface area contributed by atoms with E-state index in [0.717, 1.165) is 6.42 Å². The van der Waals surface area contributed by atoms with Crippen molar-refractivity contribution in [1.82, 2.24) is 0 Å². The van der Waals surface area contributed by atoms with E-state index in [1.807, 2.05) is 0 Å². The van der Waals surface area contributed by atoms with Crippen molar-refractivity contribution < 1.29 is 19.7 Å². The molecule has 1 aliphatic heterocycles. The standard InChI is InChI=1S/C18H36O4/c1-2-3-4-5-6-7-8-9-10-11-18(20)22-15-13-17-16(19)12-14-21-17/h16-20H,2-15H2,1H3/t16?,17-,18?/m1/s1. The Labute approximate surface area is 136 Å². The molecule has 0 aromatic rings. The van der Waals surface area contributed by atoms with Gasteiger partial charge in [-0.25, -0.2) is 0 Å². The van der Waals surface area contributed by atoms with Gasteiger partial charge in [-0.05, 0) is 25.7 Å². The fourth-order valence-electron chi connectivity index (χ4n) is 2.95. The number of rotatable bonds is 14. The Morgan fingerprint density at radius 3 is 2.27 bits per heavy atom. The van der Waals surface area contributed by atoms with Crippen LogP contribution in [0.2, 0.25) is 0 Å². The summed E-state index contributed by atoms with van der Waals surface area (Å²) < 4.78 is 10.8. The van der Waals surface area contributed by atoms with E-state index >= 15 is 0 Å². The maximum absolute atomic E-state index is 9.76. The number of aliphatic hydroxyl groups is 2. The normalized spacial score (nSPS) is 23.0. The molecular formula is C18H36O4. The lowest BCUT2D eigenvalue weighted by atomic mass is 10.1. The summed E-state index contributed by atoms with van der Waals surface area (Å²) in [6.45, 7) is 3.34. The molecule has 0 aliphatic carbocycles. The highest BCUT2D eigenvalue weighted by Crippen LogP contribution is 2.17. The monoisotopic (exact) mass is 316 g/mol. The molecular weight excluding hydrogens is 280 g/mol. The Morgan fingerprint density at radius 1 is 1.05 bits per heavy atom. The molecule has 132 valence electrons. The first-order valence-corrected chi connectivity index (χ1v) is 9.33. The van der Waals surface area contributed by atoms with E-state index in [4.69, 9.17) is 9.47 Å². The molecule has 2 N–H and O–H groups in total. The number of aliphatic hydroxyl groups excluding tert-OH is 2. The van der Waals surface area contributed by atoms with Crippen LogP contribution in [0.5, 0.6) is 0 Å². The van der Waals surface area contributed by atoms with Gasteiger partial charge in [0.05, 0.1) is 18.8 Å². The predicted molar refractivity (Wildman–Crippen MR) is 88.8 cm³/mol. The Morgan fingerprint density at radius 2 is 1.68 bits per heavy atom. The third kappa shape index (κ3) is 9.78. The number of unbranched alkanes of at least 4 members (excludes halogenated alkanes) is 8. The van der Waals surface area contributed by atoms with Crippen LogP contribution in [-0.2, 0) is 9.47 Å². The lowest BCUT2D eigenvalue weighted by Crippen LogP contribution is -2.24. The lowest BCUT2D eigenvalue weighted by molar-refractivity contribution is -0.113. The second-order valence-electron chi connectivity index (χ2n) is 6.50. The number of ether oxygens (including phenoxy) is 2. The van der Waals surface area contributed by atoms with Crippen LogP contribution in [-0.4, -0.2) is 41.9 Å². The van der Waals surface area contributed by atoms with Crippen LogP contribution in [0, 0.1) is 0 Å². The third-order valence-electron chi connectivity index (χ3n) is 4.44. The molecule has 1 rings (SSSR count). The second kappa shape index (κ2) is 13.3. The van der Waals surface area contributed by atoms with E-state index in [1.54, 1.807) is 0 Å². The van der Waals surface area contributed by atoms with Crippen LogP contribution in [0.4, 0.5) is 0 Å². The zero-order valence-electron chi connectivity index (χ0n) is 14.3. The number of hydrogen-bond acceptors (Lipinski definition) is 4. The molecule has 1 heterocycles. The van der Waals surface area contributed by atoms with Crippen LogP contribution in [0.15, 0.2) is 0 Å². The molecule has 0 radical (unpaired) electrons. The minimum Gasteiger partial charge on any atom is -0.390 e. The molecule has 1 aliphatic rings. The van der Waals surface area contributed by atoms with E-state index in [1.165, 1.54) is 51.4 Å². The molecule has 0 bridgehead atoms. The van der Waals surface area contributed by atoms with E-state index in [0.29, 0.717) is 32.5 Å². The molecule has 1 fully saturated rings. The van der Waals surface area contributed by atoms with Crippen LogP contribution >= 0.6 is 0 Å². The van der Waals surface area contributed by atoms with E-state index in [-0.39, 0.29) is 12.2 Å². The van der Waals surface area contributed by atoms with Gasteiger partial charge >= 0.3 is 0 Å². The van der Waals surface area contributed by atoms with E-state index in [9.17, 15) is 10.2 Å². The first-order chi connectivity index (χ1) is 10.7. The van der Waals surface area contributed by atoms with Gasteiger partial charge in [-0.1, -0.05) is 58.3 Å². The van der Waals surface area contributed by atoms with Gasteiger partial charge in [-0.3, -0.25) is 0 Å². The van der Waals surface area contributed by atoms with Crippen molar-refractivity contribution in [2.75, 3.05) is 13.2 Å². The van der Waals surface area contributed by atoms with Crippen molar-refractivity contribution >= 4 is 0 Å². The molecule has 0 aromatic carbocycles. The maximum atomic E-state index is 9.76. The highest BCUT2D eigenvalue weighted by molar-refractivity contribution is 4.74. The first-order valence-electron chi connectivity index (χ1n) is 9.33. The zero-order valence-corrected chi connectivity index (χ0v) is 14.3. The van der Waals surface area contributed by atoms with Crippen LogP contribution in [0.25, 0.3) is 0 Å². The summed E-state index contributed by atoms with van der Waals surface area (Å²) in [5.74, 6) is 0. The third-order valence-corrected chi connectivity index (χ3v) is 4.44. The molecule has 1 saturated heterocycles. The fraction of sp³-hybridized carbons (Fsp3) is 1.00. The second-order valence-corrected chi connectivity index (χ2v) is 6.50. The molecule has 22 heavy (non-hydrogen) atoms. The maximum Gasteiger partial charge on any atom is 0.154 e. The smallest absolute Gasteiger partial charge is 0.154 e. The predicted octanol–water partition coefficient (Wildman–Crippen LogP) is 3.78. The number of hydrogen-bond donors (Lipinski definition) is 2. The van der Waals surface area contributed by atoms with Crippen molar-refractivity contribution in [2.45, 2.75) is 102 Å².